The first kappa shape index (κ1) is 13.7. The minimum Gasteiger partial charge on any atom is -0.387 e. The lowest BCUT2D eigenvalue weighted by molar-refractivity contribution is 0.124. The van der Waals surface area contributed by atoms with Crippen LogP contribution in [0.2, 0.25) is 0 Å². The Hall–Kier alpha value is -0.680. The van der Waals surface area contributed by atoms with Gasteiger partial charge in [0.1, 0.15) is 0 Å². The summed E-state index contributed by atoms with van der Waals surface area (Å²) in [6.07, 6.45) is -0.431. The predicted molar refractivity (Wildman–Crippen MR) is 79.8 cm³/mol. The van der Waals surface area contributed by atoms with Gasteiger partial charge in [-0.2, -0.15) is 0 Å². The van der Waals surface area contributed by atoms with E-state index in [1.807, 2.05) is 37.4 Å². The molecule has 4 heteroatoms. The molecule has 2 aromatic rings. The lowest BCUT2D eigenvalue weighted by Gasteiger charge is -2.20. The van der Waals surface area contributed by atoms with Crippen molar-refractivity contribution in [2.45, 2.75) is 12.6 Å². The summed E-state index contributed by atoms with van der Waals surface area (Å²) in [5, 5.41) is 10.1. The van der Waals surface area contributed by atoms with Crippen LogP contribution in [-0.2, 0) is 6.54 Å². The SMILES string of the molecule is CN(Cc1ccc(Br)s1)CC(O)c1ccccc1. The largest absolute Gasteiger partial charge is 0.387 e. The Balaban J connectivity index is 1.89. The van der Waals surface area contributed by atoms with Crippen LogP contribution < -0.4 is 0 Å². The van der Waals surface area contributed by atoms with Gasteiger partial charge in [0, 0.05) is 18.0 Å². The van der Waals surface area contributed by atoms with Crippen LogP contribution in [0.4, 0.5) is 0 Å². The molecule has 0 aliphatic rings. The van der Waals surface area contributed by atoms with E-state index in [0.29, 0.717) is 6.54 Å². The van der Waals surface area contributed by atoms with E-state index in [1.165, 1.54) is 4.88 Å². The third kappa shape index (κ3) is 3.92. The Kier molecular flexibility index (Phi) is 4.95. The molecule has 1 atom stereocenters. The molecule has 1 aromatic heterocycles. The normalized spacial score (nSPS) is 12.9. The predicted octanol–water partition coefficient (Wildman–Crippen LogP) is 3.68. The summed E-state index contributed by atoms with van der Waals surface area (Å²) in [5.74, 6) is 0. The van der Waals surface area contributed by atoms with Crippen molar-refractivity contribution in [1.82, 2.24) is 4.90 Å². The molecule has 0 radical (unpaired) electrons. The molecule has 0 saturated carbocycles. The summed E-state index contributed by atoms with van der Waals surface area (Å²) in [7, 11) is 2.03. The molecule has 0 bridgehead atoms. The molecule has 0 aliphatic carbocycles. The van der Waals surface area contributed by atoms with E-state index in [1.54, 1.807) is 11.3 Å². The van der Waals surface area contributed by atoms with Crippen LogP contribution >= 0.6 is 27.3 Å². The summed E-state index contributed by atoms with van der Waals surface area (Å²) < 4.78 is 1.15. The third-order valence-electron chi connectivity index (χ3n) is 2.72. The van der Waals surface area contributed by atoms with Crippen LogP contribution in [-0.4, -0.2) is 23.6 Å². The van der Waals surface area contributed by atoms with Crippen LogP contribution in [0.5, 0.6) is 0 Å². The fraction of sp³-hybridized carbons (Fsp3) is 0.286. The number of likely N-dealkylation sites (N-methyl/N-ethyl adjacent to an activating group) is 1. The molecule has 0 fully saturated rings. The highest BCUT2D eigenvalue weighted by molar-refractivity contribution is 9.11. The first-order chi connectivity index (χ1) is 8.65. The monoisotopic (exact) mass is 325 g/mol. The molecule has 0 spiro atoms. The molecule has 2 nitrogen and oxygen atoms in total. The number of thiophene rings is 1. The fourth-order valence-corrected chi connectivity index (χ4v) is 3.41. The van der Waals surface area contributed by atoms with Gasteiger partial charge in [-0.25, -0.2) is 0 Å². The second-order valence-electron chi connectivity index (χ2n) is 4.33. The zero-order chi connectivity index (χ0) is 13.0. The highest BCUT2D eigenvalue weighted by Gasteiger charge is 2.11. The molecule has 0 amide bonds. The van der Waals surface area contributed by atoms with Crippen molar-refractivity contribution in [3.8, 4) is 0 Å². The highest BCUT2D eigenvalue weighted by Crippen LogP contribution is 2.23. The van der Waals surface area contributed by atoms with E-state index in [2.05, 4.69) is 33.0 Å². The van der Waals surface area contributed by atoms with Crippen LogP contribution in [0.25, 0.3) is 0 Å². The van der Waals surface area contributed by atoms with Crippen molar-refractivity contribution >= 4 is 27.3 Å². The van der Waals surface area contributed by atoms with Gasteiger partial charge in [-0.3, -0.25) is 4.90 Å². The molecule has 1 N–H and O–H groups in total. The molecule has 0 saturated heterocycles. The summed E-state index contributed by atoms with van der Waals surface area (Å²) in [5.41, 5.74) is 0.969. The standard InChI is InChI=1S/C14H16BrNOS/c1-16(9-12-7-8-14(15)18-12)10-13(17)11-5-3-2-4-6-11/h2-8,13,17H,9-10H2,1H3. The lowest BCUT2D eigenvalue weighted by atomic mass is 10.1. The quantitative estimate of drug-likeness (QED) is 0.906. The molecular formula is C14H16BrNOS. The van der Waals surface area contributed by atoms with Gasteiger partial charge < -0.3 is 5.11 Å². The van der Waals surface area contributed by atoms with Gasteiger partial charge in [0.25, 0.3) is 0 Å². The van der Waals surface area contributed by atoms with Crippen molar-refractivity contribution in [3.05, 3.63) is 56.7 Å². The number of aliphatic hydroxyl groups is 1. The van der Waals surface area contributed by atoms with Gasteiger partial charge in [0.2, 0.25) is 0 Å². The highest BCUT2D eigenvalue weighted by atomic mass is 79.9. The fourth-order valence-electron chi connectivity index (χ4n) is 1.84. The maximum atomic E-state index is 10.1. The smallest absolute Gasteiger partial charge is 0.0916 e. The van der Waals surface area contributed by atoms with E-state index in [-0.39, 0.29) is 0 Å². The average Bonchev–Trinajstić information content (AvgIpc) is 2.75. The number of halogens is 1. The number of benzene rings is 1. The van der Waals surface area contributed by atoms with Gasteiger partial charge in [0.15, 0.2) is 0 Å². The molecule has 1 unspecified atom stereocenters. The average molecular weight is 326 g/mol. The van der Waals surface area contributed by atoms with Gasteiger partial charge >= 0.3 is 0 Å². The maximum absolute atomic E-state index is 10.1. The zero-order valence-corrected chi connectivity index (χ0v) is 12.6. The Morgan fingerprint density at radius 1 is 1.22 bits per heavy atom. The van der Waals surface area contributed by atoms with Gasteiger partial charge in [0.05, 0.1) is 9.89 Å². The summed E-state index contributed by atoms with van der Waals surface area (Å²) in [4.78, 5) is 3.43. The zero-order valence-electron chi connectivity index (χ0n) is 10.2. The van der Waals surface area contributed by atoms with E-state index < -0.39 is 6.10 Å². The molecule has 1 aromatic carbocycles. The number of rotatable bonds is 5. The number of hydrogen-bond donors (Lipinski definition) is 1. The minimum absolute atomic E-state index is 0.431. The van der Waals surface area contributed by atoms with Crippen molar-refractivity contribution in [3.63, 3.8) is 0 Å². The molecule has 18 heavy (non-hydrogen) atoms. The molecular weight excluding hydrogens is 310 g/mol. The van der Waals surface area contributed by atoms with Crippen molar-refractivity contribution in [1.29, 1.82) is 0 Å². The minimum atomic E-state index is -0.431. The van der Waals surface area contributed by atoms with Gasteiger partial charge in [-0.1, -0.05) is 30.3 Å². The van der Waals surface area contributed by atoms with Crippen molar-refractivity contribution in [2.75, 3.05) is 13.6 Å². The van der Waals surface area contributed by atoms with Crippen LogP contribution in [0, 0.1) is 0 Å². The van der Waals surface area contributed by atoms with Crippen LogP contribution in [0.3, 0.4) is 0 Å². The van der Waals surface area contributed by atoms with Gasteiger partial charge in [-0.05, 0) is 40.7 Å². The van der Waals surface area contributed by atoms with Crippen LogP contribution in [0.1, 0.15) is 16.5 Å². The lowest BCUT2D eigenvalue weighted by Crippen LogP contribution is -2.23. The van der Waals surface area contributed by atoms with E-state index in [9.17, 15) is 5.11 Å². The topological polar surface area (TPSA) is 23.5 Å². The van der Waals surface area contributed by atoms with Crippen molar-refractivity contribution in [2.24, 2.45) is 0 Å². The Morgan fingerprint density at radius 2 is 1.94 bits per heavy atom. The van der Waals surface area contributed by atoms with E-state index >= 15 is 0 Å². The molecule has 1 heterocycles. The van der Waals surface area contributed by atoms with E-state index in [4.69, 9.17) is 0 Å². The number of nitrogens with zero attached hydrogens (tertiary/aromatic N) is 1. The van der Waals surface area contributed by atoms with Crippen molar-refractivity contribution < 1.29 is 5.11 Å². The molecule has 96 valence electrons. The second-order valence-corrected chi connectivity index (χ2v) is 6.88. The summed E-state index contributed by atoms with van der Waals surface area (Å²) in [6, 6.07) is 14.0. The van der Waals surface area contributed by atoms with E-state index in [0.717, 1.165) is 15.9 Å². The van der Waals surface area contributed by atoms with Crippen LogP contribution in [0.15, 0.2) is 46.3 Å². The molecule has 0 aliphatic heterocycles. The Morgan fingerprint density at radius 3 is 2.56 bits per heavy atom. The molecule has 2 rings (SSSR count). The number of aliphatic hydroxyl groups excluding tert-OH is 1. The Bertz CT molecular complexity index is 486. The number of hydrogen-bond acceptors (Lipinski definition) is 3. The second kappa shape index (κ2) is 6.48. The maximum Gasteiger partial charge on any atom is 0.0916 e. The first-order valence-electron chi connectivity index (χ1n) is 5.81. The summed E-state index contributed by atoms with van der Waals surface area (Å²) in [6.45, 7) is 1.50. The third-order valence-corrected chi connectivity index (χ3v) is 4.33. The van der Waals surface area contributed by atoms with Gasteiger partial charge in [-0.15, -0.1) is 11.3 Å². The first-order valence-corrected chi connectivity index (χ1v) is 7.42. The Labute approximate surface area is 120 Å². The summed E-state index contributed by atoms with van der Waals surface area (Å²) >= 11 is 5.19.